The molecule has 4 aromatic rings. The molecule has 2 aromatic heterocycles. The number of anilines is 1. The maximum Gasteiger partial charge on any atom is 0.417 e. The van der Waals surface area contributed by atoms with Gasteiger partial charge in [0, 0.05) is 25.7 Å². The van der Waals surface area contributed by atoms with Gasteiger partial charge in [0.05, 0.1) is 51.3 Å². The van der Waals surface area contributed by atoms with Gasteiger partial charge in [0.1, 0.15) is 11.5 Å². The summed E-state index contributed by atoms with van der Waals surface area (Å²) < 4.78 is 87.5. The summed E-state index contributed by atoms with van der Waals surface area (Å²) in [5.74, 6) is 0.340. The molecular formula is C30H27Cl2F6N5O2. The summed E-state index contributed by atoms with van der Waals surface area (Å²) in [7, 11) is 1.89. The molecule has 2 heterocycles. The fourth-order valence-corrected chi connectivity index (χ4v) is 3.81. The highest BCUT2D eigenvalue weighted by Gasteiger charge is 2.34. The number of alkyl halides is 6. The van der Waals surface area contributed by atoms with Crippen LogP contribution in [0.15, 0.2) is 65.9 Å². The summed E-state index contributed by atoms with van der Waals surface area (Å²) >= 11 is 11.1. The second-order valence-electron chi connectivity index (χ2n) is 9.49. The molecule has 0 saturated carbocycles. The molecule has 0 radical (unpaired) electrons. The zero-order valence-electron chi connectivity index (χ0n) is 24.3. The molecule has 0 bridgehead atoms. The first-order valence-corrected chi connectivity index (χ1v) is 13.8. The number of ether oxygens (including phenoxy) is 2. The first-order chi connectivity index (χ1) is 21.0. The highest BCUT2D eigenvalue weighted by atomic mass is 35.5. The molecule has 240 valence electrons. The molecule has 0 saturated heterocycles. The number of nitrogen functional groups attached to an aromatic ring is 1. The molecular weight excluding hydrogens is 647 g/mol. The highest BCUT2D eigenvalue weighted by Crippen LogP contribution is 2.39. The third-order valence-electron chi connectivity index (χ3n) is 6.01. The summed E-state index contributed by atoms with van der Waals surface area (Å²) in [5, 5.41) is -0.764. The molecule has 45 heavy (non-hydrogen) atoms. The van der Waals surface area contributed by atoms with Gasteiger partial charge < -0.3 is 20.1 Å². The van der Waals surface area contributed by atoms with Crippen molar-refractivity contribution in [2.75, 3.05) is 19.3 Å². The van der Waals surface area contributed by atoms with Crippen LogP contribution in [0.1, 0.15) is 29.2 Å². The predicted molar refractivity (Wildman–Crippen MR) is 162 cm³/mol. The minimum Gasteiger partial charge on any atom is -0.439 e. The minimum absolute atomic E-state index is 0.00148. The van der Waals surface area contributed by atoms with Crippen LogP contribution in [0.4, 0.5) is 37.7 Å². The van der Waals surface area contributed by atoms with Crippen molar-refractivity contribution in [3.63, 3.8) is 0 Å². The van der Waals surface area contributed by atoms with Crippen molar-refractivity contribution in [2.45, 2.75) is 33.1 Å². The standard InChI is InChI=1S/C17H17ClF3N3O.C13H10ClF3N2O/c1-4-24(3)10-23-15-9-22-16(7-11(15)2)25-12-5-6-14(18)13(8-12)17(19,20)21;1-7-4-12(19-6-11(7)18)20-8-2-3-10(14)9(5-8)13(15,16)17/h5-10H,4H2,1-3H3;2-6H,18H2,1H3. The Bertz CT molecular complexity index is 1670. The van der Waals surface area contributed by atoms with Crippen LogP contribution in [0.5, 0.6) is 23.3 Å². The number of aromatic nitrogens is 2. The first-order valence-electron chi connectivity index (χ1n) is 13.0. The second kappa shape index (κ2) is 14.7. The van der Waals surface area contributed by atoms with Gasteiger partial charge in [0.15, 0.2) is 0 Å². The van der Waals surface area contributed by atoms with Crippen LogP contribution >= 0.6 is 23.2 Å². The molecule has 0 atom stereocenters. The van der Waals surface area contributed by atoms with E-state index in [1.807, 2.05) is 25.8 Å². The number of hydrogen-bond acceptors (Lipinski definition) is 6. The first kappa shape index (κ1) is 35.3. The number of halogens is 8. The van der Waals surface area contributed by atoms with E-state index >= 15 is 0 Å². The third kappa shape index (κ3) is 10.1. The van der Waals surface area contributed by atoms with E-state index < -0.39 is 23.5 Å². The number of nitrogens with zero attached hydrogens (tertiary/aromatic N) is 4. The van der Waals surface area contributed by atoms with E-state index in [0.717, 1.165) is 41.9 Å². The lowest BCUT2D eigenvalue weighted by Crippen LogP contribution is -2.14. The number of nitrogens with two attached hydrogens (primary N) is 1. The quantitative estimate of drug-likeness (QED) is 0.119. The third-order valence-corrected chi connectivity index (χ3v) is 6.67. The molecule has 0 spiro atoms. The Balaban J connectivity index is 0.000000251. The Morgan fingerprint density at radius 1 is 0.800 bits per heavy atom. The van der Waals surface area contributed by atoms with Gasteiger partial charge >= 0.3 is 12.4 Å². The van der Waals surface area contributed by atoms with Crippen LogP contribution in [0.25, 0.3) is 0 Å². The van der Waals surface area contributed by atoms with E-state index in [9.17, 15) is 26.3 Å². The van der Waals surface area contributed by atoms with Gasteiger partial charge in [-0.15, -0.1) is 0 Å². The number of rotatable bonds is 7. The Hall–Kier alpha value is -4.23. The van der Waals surface area contributed by atoms with Crippen molar-refractivity contribution in [3.05, 3.63) is 93.2 Å². The normalized spacial score (nSPS) is 11.6. The van der Waals surface area contributed by atoms with Gasteiger partial charge in [-0.3, -0.25) is 0 Å². The number of aryl methyl sites for hydroxylation is 2. The Morgan fingerprint density at radius 2 is 1.27 bits per heavy atom. The van der Waals surface area contributed by atoms with E-state index in [2.05, 4.69) is 15.0 Å². The predicted octanol–water partition coefficient (Wildman–Crippen LogP) is 9.90. The number of hydrogen-bond donors (Lipinski definition) is 1. The lowest BCUT2D eigenvalue weighted by atomic mass is 10.2. The molecule has 0 aliphatic carbocycles. The maximum absolute atomic E-state index is 12.9. The SMILES string of the molecule is CCN(C)C=Nc1cnc(Oc2ccc(Cl)c(C(F)(F)F)c2)cc1C.Cc1cc(Oc2ccc(Cl)c(C(F)(F)F)c2)ncc1N. The molecule has 0 aliphatic heterocycles. The van der Waals surface area contributed by atoms with Gasteiger partial charge in [-0.2, -0.15) is 26.3 Å². The average molecular weight is 674 g/mol. The summed E-state index contributed by atoms with van der Waals surface area (Å²) in [4.78, 5) is 14.2. The van der Waals surface area contributed by atoms with Crippen LogP contribution in [0.3, 0.4) is 0 Å². The molecule has 2 aromatic carbocycles. The van der Waals surface area contributed by atoms with Crippen molar-refractivity contribution in [3.8, 4) is 23.3 Å². The van der Waals surface area contributed by atoms with E-state index in [1.165, 1.54) is 30.6 Å². The second-order valence-corrected chi connectivity index (χ2v) is 10.3. The molecule has 0 fully saturated rings. The lowest BCUT2D eigenvalue weighted by molar-refractivity contribution is -0.138. The summed E-state index contributed by atoms with van der Waals surface area (Å²) in [6.45, 7) is 6.37. The molecule has 4 rings (SSSR count). The van der Waals surface area contributed by atoms with Crippen LogP contribution in [-0.4, -0.2) is 34.8 Å². The van der Waals surface area contributed by atoms with E-state index in [4.69, 9.17) is 38.4 Å². The summed E-state index contributed by atoms with van der Waals surface area (Å²) in [5.41, 5.74) is 6.33. The average Bonchev–Trinajstić information content (AvgIpc) is 2.95. The number of pyridine rings is 2. The van der Waals surface area contributed by atoms with Crippen LogP contribution in [-0.2, 0) is 12.4 Å². The van der Waals surface area contributed by atoms with Gasteiger partial charge in [-0.05, 0) is 68.3 Å². The van der Waals surface area contributed by atoms with Gasteiger partial charge in [0.2, 0.25) is 11.8 Å². The van der Waals surface area contributed by atoms with Crippen molar-refractivity contribution >= 4 is 40.9 Å². The summed E-state index contributed by atoms with van der Waals surface area (Å²) in [6.07, 6.45) is -4.53. The van der Waals surface area contributed by atoms with E-state index in [1.54, 1.807) is 19.3 Å². The minimum atomic E-state index is -4.55. The lowest BCUT2D eigenvalue weighted by Gasteiger charge is -2.12. The van der Waals surface area contributed by atoms with Gasteiger partial charge in [-0.25, -0.2) is 15.0 Å². The fraction of sp³-hybridized carbons (Fsp3) is 0.233. The zero-order chi connectivity index (χ0) is 33.5. The zero-order valence-corrected chi connectivity index (χ0v) is 25.8. The van der Waals surface area contributed by atoms with Crippen molar-refractivity contribution in [1.29, 1.82) is 0 Å². The maximum atomic E-state index is 12.9. The Morgan fingerprint density at radius 3 is 1.69 bits per heavy atom. The van der Waals surface area contributed by atoms with Crippen molar-refractivity contribution in [2.24, 2.45) is 4.99 Å². The van der Waals surface area contributed by atoms with Crippen molar-refractivity contribution in [1.82, 2.24) is 14.9 Å². The number of aliphatic imine (C=N–C) groups is 1. The smallest absolute Gasteiger partial charge is 0.417 e. The van der Waals surface area contributed by atoms with Crippen LogP contribution < -0.4 is 15.2 Å². The summed E-state index contributed by atoms with van der Waals surface area (Å²) in [6, 6.07) is 9.80. The Labute approximate surface area is 265 Å². The highest BCUT2D eigenvalue weighted by molar-refractivity contribution is 6.31. The van der Waals surface area contributed by atoms with Gasteiger partial charge in [-0.1, -0.05) is 23.2 Å². The Kier molecular flexibility index (Phi) is 11.5. The molecule has 2 N–H and O–H groups in total. The van der Waals surface area contributed by atoms with Crippen LogP contribution in [0, 0.1) is 13.8 Å². The molecule has 7 nitrogen and oxygen atoms in total. The van der Waals surface area contributed by atoms with Gasteiger partial charge in [0.25, 0.3) is 0 Å². The van der Waals surface area contributed by atoms with Crippen molar-refractivity contribution < 1.29 is 35.8 Å². The number of benzene rings is 2. The molecule has 0 unspecified atom stereocenters. The monoisotopic (exact) mass is 673 g/mol. The van der Waals surface area contributed by atoms with E-state index in [-0.39, 0.29) is 33.3 Å². The van der Waals surface area contributed by atoms with E-state index in [0.29, 0.717) is 11.4 Å². The largest absolute Gasteiger partial charge is 0.439 e. The molecule has 0 amide bonds. The topological polar surface area (TPSA) is 85.9 Å². The molecule has 0 aliphatic rings. The molecule has 15 heteroatoms. The van der Waals surface area contributed by atoms with Crippen LogP contribution in [0.2, 0.25) is 10.0 Å². The fourth-order valence-electron chi connectivity index (χ4n) is 3.36.